The van der Waals surface area contributed by atoms with Gasteiger partial charge in [0.1, 0.15) is 11.3 Å². The van der Waals surface area contributed by atoms with E-state index in [1.165, 1.54) is 0 Å². The van der Waals surface area contributed by atoms with E-state index in [4.69, 9.17) is 16.0 Å². The lowest BCUT2D eigenvalue weighted by atomic mass is 10.0. The Morgan fingerprint density at radius 1 is 1.14 bits per heavy atom. The molecular formula is C18H18ClNO. The maximum Gasteiger partial charge on any atom is 0.137 e. The lowest BCUT2D eigenvalue weighted by Gasteiger charge is -2.13. The van der Waals surface area contributed by atoms with Crippen LogP contribution in [0.5, 0.6) is 0 Å². The predicted molar refractivity (Wildman–Crippen MR) is 88.9 cm³/mol. The molecule has 21 heavy (non-hydrogen) atoms. The first-order valence-electron chi connectivity index (χ1n) is 7.06. The number of hydrogen-bond donors (Lipinski definition) is 1. The first-order chi connectivity index (χ1) is 10.1. The Labute approximate surface area is 129 Å². The van der Waals surface area contributed by atoms with Crippen LogP contribution in [0.4, 0.5) is 0 Å². The van der Waals surface area contributed by atoms with Crippen LogP contribution >= 0.6 is 11.6 Å². The van der Waals surface area contributed by atoms with Crippen molar-refractivity contribution in [2.75, 3.05) is 7.05 Å². The molecule has 0 radical (unpaired) electrons. The quantitative estimate of drug-likeness (QED) is 0.706. The second-order valence-electron chi connectivity index (χ2n) is 5.35. The van der Waals surface area contributed by atoms with Gasteiger partial charge in [-0.2, -0.15) is 0 Å². The van der Waals surface area contributed by atoms with Crippen molar-refractivity contribution in [3.8, 4) is 11.3 Å². The molecule has 1 unspecified atom stereocenters. The Morgan fingerprint density at radius 3 is 2.62 bits per heavy atom. The van der Waals surface area contributed by atoms with Crippen LogP contribution in [0.15, 0.2) is 46.9 Å². The molecule has 0 fully saturated rings. The summed E-state index contributed by atoms with van der Waals surface area (Å²) in [5.41, 5.74) is 4.18. The summed E-state index contributed by atoms with van der Waals surface area (Å²) in [6.07, 6.45) is 0. The van der Waals surface area contributed by atoms with Gasteiger partial charge in [0.05, 0.1) is 0 Å². The van der Waals surface area contributed by atoms with Gasteiger partial charge in [-0.25, -0.2) is 0 Å². The zero-order valence-corrected chi connectivity index (χ0v) is 13.2. The van der Waals surface area contributed by atoms with Crippen molar-refractivity contribution in [1.82, 2.24) is 5.32 Å². The van der Waals surface area contributed by atoms with E-state index in [2.05, 4.69) is 49.5 Å². The summed E-state index contributed by atoms with van der Waals surface area (Å²) in [7, 11) is 1.93. The lowest BCUT2D eigenvalue weighted by molar-refractivity contribution is 0.628. The Balaban J connectivity index is 2.06. The first-order valence-corrected chi connectivity index (χ1v) is 7.44. The molecule has 3 aromatic rings. The highest BCUT2D eigenvalue weighted by atomic mass is 35.5. The average molecular weight is 300 g/mol. The summed E-state index contributed by atoms with van der Waals surface area (Å²) in [4.78, 5) is 0. The van der Waals surface area contributed by atoms with E-state index >= 15 is 0 Å². The normalized spacial score (nSPS) is 12.8. The molecule has 1 heterocycles. The predicted octanol–water partition coefficient (Wildman–Crippen LogP) is 5.34. The van der Waals surface area contributed by atoms with Crippen LogP contribution in [0.25, 0.3) is 22.3 Å². The summed E-state index contributed by atoms with van der Waals surface area (Å²) in [6.45, 7) is 4.14. The molecule has 108 valence electrons. The Kier molecular flexibility index (Phi) is 3.75. The Hall–Kier alpha value is -1.77. The van der Waals surface area contributed by atoms with Gasteiger partial charge in [-0.05, 0) is 44.2 Å². The molecule has 1 aromatic heterocycles. The van der Waals surface area contributed by atoms with Crippen LogP contribution in [0.3, 0.4) is 0 Å². The van der Waals surface area contributed by atoms with Crippen LogP contribution in [0.1, 0.15) is 24.1 Å². The molecule has 0 aliphatic rings. The third kappa shape index (κ3) is 2.57. The van der Waals surface area contributed by atoms with Gasteiger partial charge >= 0.3 is 0 Å². The van der Waals surface area contributed by atoms with E-state index in [-0.39, 0.29) is 6.04 Å². The van der Waals surface area contributed by atoms with Gasteiger partial charge in [-0.1, -0.05) is 41.9 Å². The van der Waals surface area contributed by atoms with Gasteiger partial charge in [-0.15, -0.1) is 0 Å². The number of hydrogen-bond acceptors (Lipinski definition) is 2. The van der Waals surface area contributed by atoms with Crippen LogP contribution < -0.4 is 5.32 Å². The highest BCUT2D eigenvalue weighted by molar-refractivity contribution is 6.31. The zero-order valence-electron chi connectivity index (χ0n) is 12.4. The number of para-hydroxylation sites is 1. The summed E-state index contributed by atoms with van der Waals surface area (Å²) in [5.74, 6) is 0.852. The van der Waals surface area contributed by atoms with E-state index in [9.17, 15) is 0 Å². The maximum atomic E-state index is 6.40. The molecule has 0 bridgehead atoms. The first kappa shape index (κ1) is 14.2. The van der Waals surface area contributed by atoms with Gasteiger partial charge in [0, 0.05) is 22.0 Å². The Bertz CT molecular complexity index is 791. The van der Waals surface area contributed by atoms with Gasteiger partial charge in [0.15, 0.2) is 0 Å². The molecule has 0 aliphatic heterocycles. The Morgan fingerprint density at radius 2 is 1.95 bits per heavy atom. The molecule has 2 nitrogen and oxygen atoms in total. The fourth-order valence-electron chi connectivity index (χ4n) is 2.54. The van der Waals surface area contributed by atoms with Gasteiger partial charge in [0.25, 0.3) is 0 Å². The fraction of sp³-hybridized carbons (Fsp3) is 0.222. The number of fused-ring (bicyclic) bond motifs is 1. The van der Waals surface area contributed by atoms with Crippen molar-refractivity contribution in [2.45, 2.75) is 19.9 Å². The molecule has 2 aromatic carbocycles. The third-order valence-corrected chi connectivity index (χ3v) is 4.25. The van der Waals surface area contributed by atoms with Gasteiger partial charge < -0.3 is 9.73 Å². The number of aryl methyl sites for hydroxylation is 1. The second-order valence-corrected chi connectivity index (χ2v) is 5.76. The minimum absolute atomic E-state index is 0.226. The molecule has 0 aliphatic carbocycles. The van der Waals surface area contributed by atoms with E-state index in [0.29, 0.717) is 0 Å². The lowest BCUT2D eigenvalue weighted by Crippen LogP contribution is -2.12. The number of rotatable bonds is 3. The van der Waals surface area contributed by atoms with E-state index in [0.717, 1.165) is 38.4 Å². The third-order valence-electron chi connectivity index (χ3n) is 3.93. The molecule has 1 atom stereocenters. The average Bonchev–Trinajstić information content (AvgIpc) is 2.92. The van der Waals surface area contributed by atoms with Crippen molar-refractivity contribution >= 4 is 22.6 Å². The van der Waals surface area contributed by atoms with Crippen molar-refractivity contribution in [1.29, 1.82) is 0 Å². The molecule has 3 rings (SSSR count). The fourth-order valence-corrected chi connectivity index (χ4v) is 2.88. The topological polar surface area (TPSA) is 25.2 Å². The highest BCUT2D eigenvalue weighted by Gasteiger charge is 2.12. The molecule has 0 saturated heterocycles. The van der Waals surface area contributed by atoms with E-state index < -0.39 is 0 Å². The van der Waals surface area contributed by atoms with Crippen LogP contribution in [0, 0.1) is 6.92 Å². The van der Waals surface area contributed by atoms with Crippen molar-refractivity contribution < 1.29 is 4.42 Å². The number of nitrogens with one attached hydrogen (secondary N) is 1. The van der Waals surface area contributed by atoms with Crippen LogP contribution in [-0.4, -0.2) is 7.05 Å². The summed E-state index contributed by atoms with van der Waals surface area (Å²) in [6, 6.07) is 14.5. The number of furan rings is 1. The van der Waals surface area contributed by atoms with Crippen molar-refractivity contribution in [3.63, 3.8) is 0 Å². The van der Waals surface area contributed by atoms with Crippen molar-refractivity contribution in [3.05, 3.63) is 58.6 Å². The SMILES string of the molecule is CNC(C)c1ccc(-c2cc3cccc(C)c3o2)cc1Cl. The largest absolute Gasteiger partial charge is 0.456 e. The standard InChI is InChI=1S/C18H18ClNO/c1-11-5-4-6-14-10-17(21-18(11)14)13-7-8-15(12(2)20-3)16(19)9-13/h4-10,12,20H,1-3H3. The van der Waals surface area contributed by atoms with Crippen LogP contribution in [-0.2, 0) is 0 Å². The number of benzene rings is 2. The summed E-state index contributed by atoms with van der Waals surface area (Å²) >= 11 is 6.40. The summed E-state index contributed by atoms with van der Waals surface area (Å²) in [5, 5.41) is 5.08. The van der Waals surface area contributed by atoms with Gasteiger partial charge in [-0.3, -0.25) is 0 Å². The molecule has 1 N–H and O–H groups in total. The van der Waals surface area contributed by atoms with Gasteiger partial charge in [0.2, 0.25) is 0 Å². The molecule has 0 spiro atoms. The highest BCUT2D eigenvalue weighted by Crippen LogP contribution is 2.33. The summed E-state index contributed by atoms with van der Waals surface area (Å²) < 4.78 is 5.99. The molecule has 0 saturated carbocycles. The van der Waals surface area contributed by atoms with Crippen molar-refractivity contribution in [2.24, 2.45) is 0 Å². The van der Waals surface area contributed by atoms with E-state index in [1.807, 2.05) is 19.2 Å². The smallest absolute Gasteiger partial charge is 0.137 e. The minimum atomic E-state index is 0.226. The van der Waals surface area contributed by atoms with E-state index in [1.54, 1.807) is 0 Å². The maximum absolute atomic E-state index is 6.40. The zero-order chi connectivity index (χ0) is 15.0. The number of halogens is 1. The molecular weight excluding hydrogens is 282 g/mol. The van der Waals surface area contributed by atoms with Crippen LogP contribution in [0.2, 0.25) is 5.02 Å². The molecule has 0 amide bonds. The monoisotopic (exact) mass is 299 g/mol. The minimum Gasteiger partial charge on any atom is -0.456 e. The second kappa shape index (κ2) is 5.55. The molecule has 3 heteroatoms.